The topological polar surface area (TPSA) is 72.2 Å². The molecule has 21 heavy (non-hydrogen) atoms. The van der Waals surface area contributed by atoms with Crippen LogP contribution >= 0.6 is 0 Å². The van der Waals surface area contributed by atoms with Crippen molar-refractivity contribution in [2.24, 2.45) is 0 Å². The van der Waals surface area contributed by atoms with Gasteiger partial charge in [0.1, 0.15) is 0 Å². The van der Waals surface area contributed by atoms with Crippen LogP contribution in [0.2, 0.25) is 0 Å². The Labute approximate surface area is 122 Å². The van der Waals surface area contributed by atoms with E-state index in [2.05, 4.69) is 11.9 Å². The van der Waals surface area contributed by atoms with Crippen LogP contribution in [0.4, 0.5) is 0 Å². The number of hydrogen-bond acceptors (Lipinski definition) is 3. The molecular weight excluding hydrogens is 268 g/mol. The Balaban J connectivity index is 2.62. The van der Waals surface area contributed by atoms with Crippen LogP contribution in [0.15, 0.2) is 29.1 Å². The molecule has 110 valence electrons. The smallest absolute Gasteiger partial charge is 0.352 e. The lowest BCUT2D eigenvalue weighted by atomic mass is 10.1. The number of nitrogens with zero attached hydrogens (tertiary/aromatic N) is 2. The van der Waals surface area contributed by atoms with Crippen LogP contribution in [-0.2, 0) is 17.6 Å². The Morgan fingerprint density at radius 2 is 1.86 bits per heavy atom. The zero-order chi connectivity index (χ0) is 15.6. The van der Waals surface area contributed by atoms with Gasteiger partial charge in [-0.1, -0.05) is 19.1 Å². The summed E-state index contributed by atoms with van der Waals surface area (Å²) in [7, 11) is 0. The van der Waals surface area contributed by atoms with E-state index in [1.807, 2.05) is 24.3 Å². The number of carboxylic acid groups (broad SMARTS) is 1. The molecule has 2 rings (SSSR count). The van der Waals surface area contributed by atoms with E-state index in [9.17, 15) is 9.59 Å². The molecule has 5 heteroatoms. The van der Waals surface area contributed by atoms with Crippen molar-refractivity contribution in [3.05, 3.63) is 57.3 Å². The first-order valence-electron chi connectivity index (χ1n) is 6.84. The highest BCUT2D eigenvalue weighted by Crippen LogP contribution is 2.15. The largest absolute Gasteiger partial charge is 0.481 e. The van der Waals surface area contributed by atoms with Gasteiger partial charge in [-0.05, 0) is 38.0 Å². The fourth-order valence-corrected chi connectivity index (χ4v) is 2.39. The van der Waals surface area contributed by atoms with Gasteiger partial charge in [-0.3, -0.25) is 9.36 Å². The van der Waals surface area contributed by atoms with Gasteiger partial charge in [-0.2, -0.15) is 4.98 Å². The van der Waals surface area contributed by atoms with E-state index >= 15 is 0 Å². The maximum atomic E-state index is 12.2. The lowest BCUT2D eigenvalue weighted by Crippen LogP contribution is -2.27. The molecule has 0 fully saturated rings. The third kappa shape index (κ3) is 3.02. The Hall–Kier alpha value is -2.43. The minimum Gasteiger partial charge on any atom is -0.481 e. The van der Waals surface area contributed by atoms with E-state index in [1.165, 1.54) is 10.1 Å². The molecule has 0 aliphatic heterocycles. The quantitative estimate of drug-likeness (QED) is 0.933. The van der Waals surface area contributed by atoms with Crippen molar-refractivity contribution in [2.45, 2.75) is 33.6 Å². The van der Waals surface area contributed by atoms with E-state index in [0.717, 1.165) is 6.42 Å². The van der Waals surface area contributed by atoms with Crippen LogP contribution in [0.1, 0.15) is 29.4 Å². The third-order valence-corrected chi connectivity index (χ3v) is 3.59. The molecule has 0 atom stereocenters. The molecule has 1 N–H and O–H groups in total. The summed E-state index contributed by atoms with van der Waals surface area (Å²) < 4.78 is 1.46. The first-order valence-corrected chi connectivity index (χ1v) is 6.84. The van der Waals surface area contributed by atoms with Gasteiger partial charge in [0.25, 0.3) is 0 Å². The van der Waals surface area contributed by atoms with Crippen molar-refractivity contribution in [2.75, 3.05) is 0 Å². The van der Waals surface area contributed by atoms with Crippen molar-refractivity contribution >= 4 is 5.97 Å². The van der Waals surface area contributed by atoms with Crippen molar-refractivity contribution in [3.8, 4) is 5.69 Å². The maximum Gasteiger partial charge on any atom is 0.352 e. The number of rotatable bonds is 4. The molecule has 0 amide bonds. The highest BCUT2D eigenvalue weighted by Gasteiger charge is 2.15. The lowest BCUT2D eigenvalue weighted by molar-refractivity contribution is -0.136. The summed E-state index contributed by atoms with van der Waals surface area (Å²) in [5, 5.41) is 9.00. The third-order valence-electron chi connectivity index (χ3n) is 3.59. The zero-order valence-corrected chi connectivity index (χ0v) is 12.4. The van der Waals surface area contributed by atoms with Crippen molar-refractivity contribution in [1.29, 1.82) is 0 Å². The van der Waals surface area contributed by atoms with E-state index in [4.69, 9.17) is 5.11 Å². The number of carbonyl (C=O) groups is 1. The van der Waals surface area contributed by atoms with Gasteiger partial charge in [-0.15, -0.1) is 0 Å². The molecule has 0 saturated heterocycles. The molecule has 1 aromatic carbocycles. The van der Waals surface area contributed by atoms with Crippen LogP contribution in [0, 0.1) is 13.8 Å². The van der Waals surface area contributed by atoms with Gasteiger partial charge in [0, 0.05) is 17.0 Å². The fraction of sp³-hybridized carbons (Fsp3) is 0.312. The highest BCUT2D eigenvalue weighted by atomic mass is 16.4. The fourth-order valence-electron chi connectivity index (χ4n) is 2.39. The number of aromatic nitrogens is 2. The van der Waals surface area contributed by atoms with Gasteiger partial charge in [-0.25, -0.2) is 4.79 Å². The first kappa shape index (κ1) is 15.0. The van der Waals surface area contributed by atoms with Crippen LogP contribution in [0.3, 0.4) is 0 Å². The van der Waals surface area contributed by atoms with Crippen LogP contribution in [0.5, 0.6) is 0 Å². The zero-order valence-electron chi connectivity index (χ0n) is 12.4. The average molecular weight is 286 g/mol. The second kappa shape index (κ2) is 5.91. The van der Waals surface area contributed by atoms with Gasteiger partial charge in [0.2, 0.25) is 0 Å². The lowest BCUT2D eigenvalue weighted by Gasteiger charge is -2.14. The van der Waals surface area contributed by atoms with E-state index in [0.29, 0.717) is 22.6 Å². The second-order valence-corrected chi connectivity index (χ2v) is 4.97. The van der Waals surface area contributed by atoms with Crippen LogP contribution < -0.4 is 5.69 Å². The SMILES string of the molecule is CCc1ccc(-n2c(C)c(CC(=O)O)c(C)nc2=O)cc1. The summed E-state index contributed by atoms with van der Waals surface area (Å²) in [6.07, 6.45) is 0.780. The number of aliphatic carboxylic acids is 1. The number of aryl methyl sites for hydroxylation is 2. The normalized spacial score (nSPS) is 10.6. The molecule has 1 heterocycles. The number of benzene rings is 1. The summed E-state index contributed by atoms with van der Waals surface area (Å²) in [6, 6.07) is 7.62. The van der Waals surface area contributed by atoms with E-state index in [1.54, 1.807) is 13.8 Å². The molecule has 0 unspecified atom stereocenters. The summed E-state index contributed by atoms with van der Waals surface area (Å²) in [5.74, 6) is -0.936. The summed E-state index contributed by atoms with van der Waals surface area (Å²) in [6.45, 7) is 5.48. The van der Waals surface area contributed by atoms with Crippen LogP contribution in [0.25, 0.3) is 5.69 Å². The monoisotopic (exact) mass is 286 g/mol. The summed E-state index contributed by atoms with van der Waals surface area (Å²) in [5.41, 5.74) is 3.18. The summed E-state index contributed by atoms with van der Waals surface area (Å²) >= 11 is 0. The first-order chi connectivity index (χ1) is 9.93. The van der Waals surface area contributed by atoms with Gasteiger partial charge in [0.15, 0.2) is 0 Å². The molecule has 0 aliphatic carbocycles. The Kier molecular flexibility index (Phi) is 4.21. The van der Waals surface area contributed by atoms with Gasteiger partial charge in [0.05, 0.1) is 12.1 Å². The van der Waals surface area contributed by atoms with E-state index < -0.39 is 5.97 Å². The molecule has 0 aliphatic rings. The standard InChI is InChI=1S/C16H18N2O3/c1-4-12-5-7-13(8-6-12)18-11(3)14(9-15(19)20)10(2)17-16(18)21/h5-8H,4,9H2,1-3H3,(H,19,20). The Morgan fingerprint density at radius 1 is 1.24 bits per heavy atom. The molecule has 1 aromatic heterocycles. The van der Waals surface area contributed by atoms with Crippen LogP contribution in [-0.4, -0.2) is 20.6 Å². The van der Waals surface area contributed by atoms with Crippen molar-refractivity contribution in [3.63, 3.8) is 0 Å². The minimum atomic E-state index is -0.936. The highest BCUT2D eigenvalue weighted by molar-refractivity contribution is 5.71. The Bertz CT molecular complexity index is 730. The second-order valence-electron chi connectivity index (χ2n) is 4.97. The van der Waals surface area contributed by atoms with E-state index in [-0.39, 0.29) is 12.1 Å². The minimum absolute atomic E-state index is 0.141. The van der Waals surface area contributed by atoms with Crippen molar-refractivity contribution < 1.29 is 9.90 Å². The summed E-state index contributed by atoms with van der Waals surface area (Å²) in [4.78, 5) is 27.1. The van der Waals surface area contributed by atoms with Gasteiger partial charge < -0.3 is 5.11 Å². The number of hydrogen-bond donors (Lipinski definition) is 1. The molecular formula is C16H18N2O3. The molecule has 0 bridgehead atoms. The molecule has 0 radical (unpaired) electrons. The molecule has 0 saturated carbocycles. The predicted octanol–water partition coefficient (Wildman–Crippen LogP) is 2.04. The predicted molar refractivity (Wildman–Crippen MR) is 80.0 cm³/mol. The Morgan fingerprint density at radius 3 is 2.38 bits per heavy atom. The molecule has 5 nitrogen and oxygen atoms in total. The molecule has 0 spiro atoms. The molecule has 2 aromatic rings. The average Bonchev–Trinajstić information content (AvgIpc) is 2.44. The maximum absolute atomic E-state index is 12.2. The number of carboxylic acids is 1. The van der Waals surface area contributed by atoms with Crippen molar-refractivity contribution in [1.82, 2.24) is 9.55 Å². The van der Waals surface area contributed by atoms with Gasteiger partial charge >= 0.3 is 11.7 Å².